The highest BCUT2D eigenvalue weighted by molar-refractivity contribution is 5.81. The first-order chi connectivity index (χ1) is 8.01. The number of aliphatic carboxylic acids is 3. The van der Waals surface area contributed by atoms with E-state index in [0.29, 0.717) is 12.8 Å². The van der Waals surface area contributed by atoms with Crippen LogP contribution in [0.3, 0.4) is 0 Å². The molecule has 0 aromatic rings. The zero-order valence-electron chi connectivity index (χ0n) is 10.0. The second kappa shape index (κ2) is 5.78. The molecule has 1 aliphatic rings. The molecule has 1 fully saturated rings. The fourth-order valence-electron chi connectivity index (χ4n) is 0.822. The Balaban J connectivity index is 0.000000351. The van der Waals surface area contributed by atoms with Crippen LogP contribution in [0.1, 0.15) is 32.6 Å². The first-order valence-electron chi connectivity index (χ1n) is 5.27. The van der Waals surface area contributed by atoms with Crippen molar-refractivity contribution in [1.29, 1.82) is 0 Å². The van der Waals surface area contributed by atoms with Crippen LogP contribution in [0.25, 0.3) is 0 Å². The molecule has 0 aromatic carbocycles. The molecular formula is C10H18N2O6. The second-order valence-electron chi connectivity index (χ2n) is 4.58. The van der Waals surface area contributed by atoms with Gasteiger partial charge in [-0.3, -0.25) is 14.4 Å². The molecule has 0 unspecified atom stereocenters. The van der Waals surface area contributed by atoms with Gasteiger partial charge in [0.25, 0.3) is 0 Å². The van der Waals surface area contributed by atoms with Gasteiger partial charge in [-0.25, -0.2) is 0 Å². The van der Waals surface area contributed by atoms with Crippen LogP contribution in [-0.2, 0) is 14.4 Å². The predicted molar refractivity (Wildman–Crippen MR) is 60.9 cm³/mol. The van der Waals surface area contributed by atoms with Gasteiger partial charge in [-0.05, 0) is 26.2 Å². The summed E-state index contributed by atoms with van der Waals surface area (Å²) in [6.07, 6.45) is 1.00. The number of hydrogen-bond acceptors (Lipinski definition) is 5. The van der Waals surface area contributed by atoms with Crippen LogP contribution in [0.15, 0.2) is 0 Å². The van der Waals surface area contributed by atoms with Gasteiger partial charge in [0.05, 0.1) is 0 Å². The lowest BCUT2D eigenvalue weighted by Crippen LogP contribution is -2.45. The van der Waals surface area contributed by atoms with Crippen molar-refractivity contribution in [3.63, 3.8) is 0 Å². The van der Waals surface area contributed by atoms with Gasteiger partial charge in [0.15, 0.2) is 0 Å². The summed E-state index contributed by atoms with van der Waals surface area (Å²) < 4.78 is 0. The van der Waals surface area contributed by atoms with Gasteiger partial charge in [-0.15, -0.1) is 0 Å². The molecule has 0 saturated heterocycles. The maximum atomic E-state index is 10.3. The van der Waals surface area contributed by atoms with E-state index in [1.54, 1.807) is 0 Å². The first-order valence-corrected chi connectivity index (χ1v) is 5.27. The highest BCUT2D eigenvalue weighted by Crippen LogP contribution is 2.31. The number of carboxylic acid groups (broad SMARTS) is 3. The minimum Gasteiger partial charge on any atom is -0.481 e. The summed E-state index contributed by atoms with van der Waals surface area (Å²) in [6, 6.07) is 0. The molecule has 0 aromatic heterocycles. The largest absolute Gasteiger partial charge is 0.481 e. The van der Waals surface area contributed by atoms with Gasteiger partial charge >= 0.3 is 17.9 Å². The third kappa shape index (κ3) is 5.60. The van der Waals surface area contributed by atoms with Crippen molar-refractivity contribution in [2.75, 3.05) is 0 Å². The van der Waals surface area contributed by atoms with Crippen LogP contribution >= 0.6 is 0 Å². The molecule has 18 heavy (non-hydrogen) atoms. The zero-order chi connectivity index (χ0) is 14.6. The summed E-state index contributed by atoms with van der Waals surface area (Å²) in [5, 5.41) is 24.8. The van der Waals surface area contributed by atoms with Crippen molar-refractivity contribution < 1.29 is 29.7 Å². The molecule has 1 saturated carbocycles. The summed E-state index contributed by atoms with van der Waals surface area (Å²) in [6.45, 7) is 1.29. The van der Waals surface area contributed by atoms with E-state index >= 15 is 0 Å². The number of carboxylic acids is 3. The van der Waals surface area contributed by atoms with Gasteiger partial charge in [-0.2, -0.15) is 0 Å². The van der Waals surface area contributed by atoms with E-state index in [1.807, 2.05) is 0 Å². The van der Waals surface area contributed by atoms with Gasteiger partial charge in [0, 0.05) is 6.42 Å². The molecule has 0 radical (unpaired) electrons. The van der Waals surface area contributed by atoms with Crippen molar-refractivity contribution in [1.82, 2.24) is 0 Å². The van der Waals surface area contributed by atoms with Crippen LogP contribution < -0.4 is 11.5 Å². The van der Waals surface area contributed by atoms with Gasteiger partial charge in [0.2, 0.25) is 0 Å². The van der Waals surface area contributed by atoms with Crippen molar-refractivity contribution >= 4 is 17.9 Å². The van der Waals surface area contributed by atoms with Gasteiger partial charge < -0.3 is 26.8 Å². The van der Waals surface area contributed by atoms with E-state index in [9.17, 15) is 14.4 Å². The average molecular weight is 262 g/mol. The molecule has 8 nitrogen and oxygen atoms in total. The number of hydrogen-bond donors (Lipinski definition) is 5. The maximum absolute atomic E-state index is 10.3. The third-order valence-electron chi connectivity index (χ3n) is 2.56. The minimum atomic E-state index is -1.43. The SMILES string of the molecule is C[C@](N)(CCC(=O)O)C(=O)O.NC1(C(=O)O)CC1. The molecular weight excluding hydrogens is 244 g/mol. The Morgan fingerprint density at radius 1 is 1.22 bits per heavy atom. The highest BCUT2D eigenvalue weighted by atomic mass is 16.4. The molecule has 1 aliphatic carbocycles. The lowest BCUT2D eigenvalue weighted by Gasteiger charge is -2.16. The fraction of sp³-hybridized carbons (Fsp3) is 0.700. The zero-order valence-corrected chi connectivity index (χ0v) is 10.0. The first kappa shape index (κ1) is 16.3. The number of carbonyl (C=O) groups is 3. The topological polar surface area (TPSA) is 164 Å². The predicted octanol–water partition coefficient (Wildman–Crippen LogP) is -0.784. The molecule has 0 bridgehead atoms. The van der Waals surface area contributed by atoms with Crippen molar-refractivity contribution in [3.05, 3.63) is 0 Å². The van der Waals surface area contributed by atoms with Crippen LogP contribution in [0.5, 0.6) is 0 Å². The Bertz CT molecular complexity index is 348. The van der Waals surface area contributed by atoms with E-state index in [2.05, 4.69) is 0 Å². The smallest absolute Gasteiger partial charge is 0.323 e. The van der Waals surface area contributed by atoms with E-state index in [0.717, 1.165) is 0 Å². The van der Waals surface area contributed by atoms with Crippen LogP contribution in [0.4, 0.5) is 0 Å². The monoisotopic (exact) mass is 262 g/mol. The molecule has 8 heteroatoms. The molecule has 0 heterocycles. The minimum absolute atomic E-state index is 0.0579. The molecule has 7 N–H and O–H groups in total. The summed E-state index contributed by atoms with van der Waals surface area (Å²) in [5.74, 6) is -3.09. The fourth-order valence-corrected chi connectivity index (χ4v) is 0.822. The standard InChI is InChI=1S/C6H11NO4.C4H7NO2/c1-6(7,5(10)11)3-2-4(8)9;5-4(1-2-4)3(6)7/h2-3,7H2,1H3,(H,8,9)(H,10,11);1-2,5H2,(H,6,7)/t6-;/m0./s1. The Morgan fingerprint density at radius 2 is 1.67 bits per heavy atom. The lowest BCUT2D eigenvalue weighted by molar-refractivity contribution is -0.144. The van der Waals surface area contributed by atoms with Crippen molar-refractivity contribution in [2.24, 2.45) is 11.5 Å². The summed E-state index contributed by atoms with van der Waals surface area (Å²) >= 11 is 0. The second-order valence-corrected chi connectivity index (χ2v) is 4.58. The van der Waals surface area contributed by atoms with E-state index in [-0.39, 0.29) is 12.8 Å². The molecule has 0 aliphatic heterocycles. The van der Waals surface area contributed by atoms with Gasteiger partial charge in [-0.1, -0.05) is 0 Å². The van der Waals surface area contributed by atoms with Crippen molar-refractivity contribution in [3.8, 4) is 0 Å². The van der Waals surface area contributed by atoms with Crippen LogP contribution in [0.2, 0.25) is 0 Å². The molecule has 104 valence electrons. The van der Waals surface area contributed by atoms with E-state index < -0.39 is 29.0 Å². The Morgan fingerprint density at radius 3 is 1.83 bits per heavy atom. The molecule has 1 atom stereocenters. The highest BCUT2D eigenvalue weighted by Gasteiger charge is 2.46. The normalized spacial score (nSPS) is 18.8. The van der Waals surface area contributed by atoms with Crippen molar-refractivity contribution in [2.45, 2.75) is 43.7 Å². The summed E-state index contributed by atoms with van der Waals surface area (Å²) in [7, 11) is 0. The molecule has 0 amide bonds. The average Bonchev–Trinajstić information content (AvgIpc) is 2.96. The molecule has 0 spiro atoms. The van der Waals surface area contributed by atoms with E-state index in [1.165, 1.54) is 6.92 Å². The number of rotatable bonds is 5. The van der Waals surface area contributed by atoms with Crippen LogP contribution in [-0.4, -0.2) is 44.3 Å². The van der Waals surface area contributed by atoms with Crippen LogP contribution in [0, 0.1) is 0 Å². The van der Waals surface area contributed by atoms with Gasteiger partial charge in [0.1, 0.15) is 11.1 Å². The number of nitrogens with two attached hydrogens (primary N) is 2. The quantitative estimate of drug-likeness (QED) is 0.430. The summed E-state index contributed by atoms with van der Waals surface area (Å²) in [5.41, 5.74) is 8.17. The molecule has 1 rings (SSSR count). The summed E-state index contributed by atoms with van der Waals surface area (Å²) in [4.78, 5) is 30.3. The third-order valence-corrected chi connectivity index (χ3v) is 2.56. The lowest BCUT2D eigenvalue weighted by atomic mass is 9.98. The maximum Gasteiger partial charge on any atom is 0.323 e. The Hall–Kier alpha value is -1.67. The van der Waals surface area contributed by atoms with E-state index in [4.69, 9.17) is 26.8 Å². The Labute approximate surface area is 104 Å². The Kier molecular flexibility index (Phi) is 5.25.